The van der Waals surface area contributed by atoms with Crippen molar-refractivity contribution in [2.24, 2.45) is 0 Å². The van der Waals surface area contributed by atoms with Crippen LogP contribution in [0.1, 0.15) is 17.8 Å². The van der Waals surface area contributed by atoms with Gasteiger partial charge in [-0.3, -0.25) is 4.98 Å². The molecule has 0 saturated carbocycles. The number of aromatic nitrogens is 1. The van der Waals surface area contributed by atoms with Crippen LogP contribution in [0.2, 0.25) is 0 Å². The number of methoxy groups -OCH3 is 1. The van der Waals surface area contributed by atoms with Gasteiger partial charge in [-0.15, -0.1) is 0 Å². The molecular weight excluding hydrogens is 262 g/mol. The van der Waals surface area contributed by atoms with E-state index in [1.54, 1.807) is 6.07 Å². The van der Waals surface area contributed by atoms with Crippen LogP contribution in [0.5, 0.6) is 0 Å². The number of urea groups is 1. The van der Waals surface area contributed by atoms with Gasteiger partial charge in [0.15, 0.2) is 0 Å². The van der Waals surface area contributed by atoms with Gasteiger partial charge in [0.25, 0.3) is 0 Å². The molecule has 1 aromatic heterocycles. The number of hydrogen-bond acceptors (Lipinski definition) is 4. The molecule has 0 spiro atoms. The van der Waals surface area contributed by atoms with Crippen molar-refractivity contribution in [2.45, 2.75) is 25.9 Å². The van der Waals surface area contributed by atoms with Gasteiger partial charge in [0.1, 0.15) is 6.04 Å². The van der Waals surface area contributed by atoms with Crippen LogP contribution in [0.3, 0.4) is 0 Å². The van der Waals surface area contributed by atoms with E-state index in [2.05, 4.69) is 15.6 Å². The first kappa shape index (κ1) is 15.9. The van der Waals surface area contributed by atoms with Crippen LogP contribution in [-0.4, -0.2) is 41.8 Å². The third-order valence-corrected chi connectivity index (χ3v) is 2.59. The lowest BCUT2D eigenvalue weighted by Crippen LogP contribution is -2.46. The van der Waals surface area contributed by atoms with Crippen molar-refractivity contribution in [1.82, 2.24) is 15.6 Å². The van der Waals surface area contributed by atoms with E-state index in [1.165, 1.54) is 7.11 Å². The lowest BCUT2D eigenvalue weighted by atomic mass is 10.2. The van der Waals surface area contributed by atoms with Crippen molar-refractivity contribution in [3.8, 4) is 0 Å². The largest absolute Gasteiger partial charge is 0.480 e. The standard InChI is InChI=1S/C13H19N3O4/c1-9-4-3-5-10(15-9)8-14-13(19)16-11(12(17)18)6-7-20-2/h3-5,11H,6-8H2,1-2H3,(H,17,18)(H2,14,16,19). The summed E-state index contributed by atoms with van der Waals surface area (Å²) in [6.07, 6.45) is 0.210. The number of carbonyl (C=O) groups excluding carboxylic acids is 1. The first-order valence-corrected chi connectivity index (χ1v) is 6.21. The number of carboxylic acids is 1. The van der Waals surface area contributed by atoms with Crippen LogP contribution >= 0.6 is 0 Å². The first-order chi connectivity index (χ1) is 9.52. The minimum atomic E-state index is -1.09. The first-order valence-electron chi connectivity index (χ1n) is 6.21. The van der Waals surface area contributed by atoms with Crippen molar-refractivity contribution in [1.29, 1.82) is 0 Å². The molecular formula is C13H19N3O4. The van der Waals surface area contributed by atoms with E-state index >= 15 is 0 Å². The number of carboxylic acid groups (broad SMARTS) is 1. The van der Waals surface area contributed by atoms with E-state index in [-0.39, 0.29) is 19.6 Å². The highest BCUT2D eigenvalue weighted by molar-refractivity contribution is 5.82. The van der Waals surface area contributed by atoms with Crippen LogP contribution in [0, 0.1) is 6.92 Å². The van der Waals surface area contributed by atoms with Crippen LogP contribution in [-0.2, 0) is 16.1 Å². The Hall–Kier alpha value is -2.15. The number of pyridine rings is 1. The van der Waals surface area contributed by atoms with Gasteiger partial charge in [-0.25, -0.2) is 9.59 Å². The number of rotatable bonds is 7. The Morgan fingerprint density at radius 3 is 2.80 bits per heavy atom. The molecule has 0 aromatic carbocycles. The highest BCUT2D eigenvalue weighted by Crippen LogP contribution is 1.98. The topological polar surface area (TPSA) is 101 Å². The molecule has 0 aliphatic carbocycles. The van der Waals surface area contributed by atoms with Gasteiger partial charge in [0, 0.05) is 25.8 Å². The van der Waals surface area contributed by atoms with Gasteiger partial charge >= 0.3 is 12.0 Å². The molecule has 1 heterocycles. The number of nitrogens with one attached hydrogen (secondary N) is 2. The zero-order valence-corrected chi connectivity index (χ0v) is 11.5. The summed E-state index contributed by atoms with van der Waals surface area (Å²) in [5.41, 5.74) is 1.57. The Labute approximate surface area is 117 Å². The second-order valence-electron chi connectivity index (χ2n) is 4.27. The Morgan fingerprint density at radius 2 is 2.20 bits per heavy atom. The van der Waals surface area contributed by atoms with Crippen molar-refractivity contribution in [3.05, 3.63) is 29.6 Å². The summed E-state index contributed by atoms with van der Waals surface area (Å²) < 4.78 is 4.80. The maximum absolute atomic E-state index is 11.6. The fourth-order valence-corrected chi connectivity index (χ4v) is 1.57. The lowest BCUT2D eigenvalue weighted by molar-refractivity contribution is -0.139. The van der Waals surface area contributed by atoms with Gasteiger partial charge in [-0.1, -0.05) is 6.07 Å². The number of nitrogens with zero attached hydrogens (tertiary/aromatic N) is 1. The molecule has 7 nitrogen and oxygen atoms in total. The molecule has 0 bridgehead atoms. The monoisotopic (exact) mass is 281 g/mol. The molecule has 7 heteroatoms. The number of aliphatic carboxylic acids is 1. The number of aryl methyl sites for hydroxylation is 1. The molecule has 0 radical (unpaired) electrons. The zero-order chi connectivity index (χ0) is 15.0. The molecule has 0 saturated heterocycles. The van der Waals surface area contributed by atoms with Gasteiger partial charge < -0.3 is 20.5 Å². The highest BCUT2D eigenvalue weighted by atomic mass is 16.5. The Morgan fingerprint density at radius 1 is 1.45 bits per heavy atom. The molecule has 0 aliphatic heterocycles. The summed E-state index contributed by atoms with van der Waals surface area (Å²) in [5.74, 6) is -1.09. The minimum absolute atomic E-state index is 0.210. The van der Waals surface area contributed by atoms with Gasteiger partial charge in [0.05, 0.1) is 12.2 Å². The van der Waals surface area contributed by atoms with Gasteiger partial charge in [-0.2, -0.15) is 0 Å². The minimum Gasteiger partial charge on any atom is -0.480 e. The molecule has 1 aromatic rings. The fourth-order valence-electron chi connectivity index (χ4n) is 1.57. The van der Waals surface area contributed by atoms with E-state index in [4.69, 9.17) is 9.84 Å². The Kier molecular flexibility index (Phi) is 6.45. The maximum Gasteiger partial charge on any atom is 0.326 e. The van der Waals surface area contributed by atoms with E-state index in [0.717, 1.165) is 5.69 Å². The SMILES string of the molecule is COCCC(NC(=O)NCc1cccc(C)n1)C(=O)O. The number of ether oxygens (including phenoxy) is 1. The van der Waals surface area contributed by atoms with Crippen LogP contribution in [0.25, 0.3) is 0 Å². The van der Waals surface area contributed by atoms with E-state index in [0.29, 0.717) is 5.69 Å². The quantitative estimate of drug-likeness (QED) is 0.682. The number of hydrogen-bond donors (Lipinski definition) is 3. The summed E-state index contributed by atoms with van der Waals surface area (Å²) in [6, 6.07) is 3.97. The molecule has 1 rings (SSSR count). The number of carbonyl (C=O) groups is 2. The van der Waals surface area contributed by atoms with Crippen LogP contribution in [0.4, 0.5) is 4.79 Å². The zero-order valence-electron chi connectivity index (χ0n) is 11.5. The molecule has 0 fully saturated rings. The third-order valence-electron chi connectivity index (χ3n) is 2.59. The fraction of sp³-hybridized carbons (Fsp3) is 0.462. The van der Waals surface area contributed by atoms with Crippen molar-refractivity contribution >= 4 is 12.0 Å². The van der Waals surface area contributed by atoms with E-state index in [1.807, 2.05) is 19.1 Å². The molecule has 0 aliphatic rings. The summed E-state index contributed by atoms with van der Waals surface area (Å²) in [6.45, 7) is 2.36. The average Bonchev–Trinajstić information content (AvgIpc) is 2.41. The second-order valence-corrected chi connectivity index (χ2v) is 4.27. The Bertz CT molecular complexity index is 465. The predicted molar refractivity (Wildman–Crippen MR) is 72.3 cm³/mol. The van der Waals surface area contributed by atoms with Crippen molar-refractivity contribution in [2.75, 3.05) is 13.7 Å². The van der Waals surface area contributed by atoms with E-state index < -0.39 is 18.0 Å². The van der Waals surface area contributed by atoms with E-state index in [9.17, 15) is 9.59 Å². The summed E-state index contributed by atoms with van der Waals surface area (Å²) in [7, 11) is 1.47. The second kappa shape index (κ2) is 8.11. The molecule has 1 unspecified atom stereocenters. The smallest absolute Gasteiger partial charge is 0.326 e. The highest BCUT2D eigenvalue weighted by Gasteiger charge is 2.19. The van der Waals surface area contributed by atoms with Crippen molar-refractivity contribution < 1.29 is 19.4 Å². The maximum atomic E-state index is 11.6. The molecule has 20 heavy (non-hydrogen) atoms. The normalized spacial score (nSPS) is 11.7. The predicted octanol–water partition coefficient (Wildman–Crippen LogP) is 0.679. The third kappa shape index (κ3) is 5.66. The molecule has 3 N–H and O–H groups in total. The lowest BCUT2D eigenvalue weighted by Gasteiger charge is -2.14. The average molecular weight is 281 g/mol. The number of amides is 2. The molecule has 2 amide bonds. The van der Waals surface area contributed by atoms with Crippen LogP contribution < -0.4 is 10.6 Å². The van der Waals surface area contributed by atoms with Gasteiger partial charge in [0.2, 0.25) is 0 Å². The molecule has 110 valence electrons. The van der Waals surface area contributed by atoms with Crippen LogP contribution in [0.15, 0.2) is 18.2 Å². The Balaban J connectivity index is 2.43. The summed E-state index contributed by atoms with van der Waals surface area (Å²) >= 11 is 0. The summed E-state index contributed by atoms with van der Waals surface area (Å²) in [5, 5.41) is 13.9. The molecule has 1 atom stereocenters. The summed E-state index contributed by atoms with van der Waals surface area (Å²) in [4.78, 5) is 26.8. The van der Waals surface area contributed by atoms with Crippen molar-refractivity contribution in [3.63, 3.8) is 0 Å². The van der Waals surface area contributed by atoms with Gasteiger partial charge in [-0.05, 0) is 19.1 Å².